The van der Waals surface area contributed by atoms with Crippen LogP contribution in [0.4, 0.5) is 0 Å². The van der Waals surface area contributed by atoms with Gasteiger partial charge in [0.25, 0.3) is 5.56 Å². The third kappa shape index (κ3) is 3.96. The van der Waals surface area contributed by atoms with Gasteiger partial charge in [0.15, 0.2) is 16.3 Å². The van der Waals surface area contributed by atoms with Crippen LogP contribution in [0.5, 0.6) is 17.2 Å². The van der Waals surface area contributed by atoms with E-state index in [1.54, 1.807) is 19.1 Å². The van der Waals surface area contributed by atoms with Gasteiger partial charge in [-0.15, -0.1) is 11.3 Å². The molecule has 0 saturated carbocycles. The average Bonchev–Trinajstić information content (AvgIpc) is 3.44. The van der Waals surface area contributed by atoms with Crippen LogP contribution in [-0.2, 0) is 9.53 Å². The predicted octanol–water partition coefficient (Wildman–Crippen LogP) is 2.50. The van der Waals surface area contributed by atoms with E-state index in [-0.39, 0.29) is 11.1 Å². The predicted molar refractivity (Wildman–Crippen MR) is 126 cm³/mol. The molecular weight excluding hydrogens is 464 g/mol. The molecule has 0 spiro atoms. The van der Waals surface area contributed by atoms with Gasteiger partial charge in [0.2, 0.25) is 5.75 Å². The molecule has 0 radical (unpaired) electrons. The van der Waals surface area contributed by atoms with Crippen LogP contribution in [0.2, 0.25) is 0 Å². The van der Waals surface area contributed by atoms with Gasteiger partial charge in [0.1, 0.15) is 0 Å². The molecule has 0 bridgehead atoms. The molecule has 0 N–H and O–H groups in total. The quantitative estimate of drug-likeness (QED) is 0.498. The molecule has 33 heavy (non-hydrogen) atoms. The number of rotatable bonds is 6. The van der Waals surface area contributed by atoms with E-state index in [0.717, 1.165) is 4.88 Å². The molecule has 3 heterocycles. The molecule has 1 aliphatic rings. The molecule has 1 atom stereocenters. The molecular formula is C23H22N2O6S2. The summed E-state index contributed by atoms with van der Waals surface area (Å²) in [5.74, 6) is 0.662. The number of carbonyl (C=O) groups is 1. The maximum atomic E-state index is 13.5. The lowest BCUT2D eigenvalue weighted by molar-refractivity contribution is -0.136. The van der Waals surface area contributed by atoms with Crippen molar-refractivity contribution in [2.24, 2.45) is 4.99 Å². The summed E-state index contributed by atoms with van der Waals surface area (Å²) in [6.45, 7) is 1.73. The Morgan fingerprint density at radius 1 is 1.12 bits per heavy atom. The van der Waals surface area contributed by atoms with E-state index < -0.39 is 12.0 Å². The van der Waals surface area contributed by atoms with E-state index in [0.29, 0.717) is 37.8 Å². The van der Waals surface area contributed by atoms with Gasteiger partial charge < -0.3 is 18.9 Å². The van der Waals surface area contributed by atoms with E-state index in [4.69, 9.17) is 18.9 Å². The summed E-state index contributed by atoms with van der Waals surface area (Å²) in [6.07, 6.45) is 1.83. The van der Waals surface area contributed by atoms with Crippen LogP contribution < -0.4 is 29.1 Å². The second kappa shape index (κ2) is 9.24. The van der Waals surface area contributed by atoms with Crippen molar-refractivity contribution in [1.29, 1.82) is 0 Å². The largest absolute Gasteiger partial charge is 0.493 e. The van der Waals surface area contributed by atoms with Crippen LogP contribution in [0.25, 0.3) is 6.08 Å². The van der Waals surface area contributed by atoms with Crippen molar-refractivity contribution in [2.75, 3.05) is 28.4 Å². The fraction of sp³-hybridized carbons (Fsp3) is 0.261. The van der Waals surface area contributed by atoms with Crippen molar-refractivity contribution < 1.29 is 23.7 Å². The highest BCUT2D eigenvalue weighted by Crippen LogP contribution is 2.42. The van der Waals surface area contributed by atoms with Gasteiger partial charge in [-0.1, -0.05) is 17.4 Å². The van der Waals surface area contributed by atoms with Crippen molar-refractivity contribution in [1.82, 2.24) is 4.57 Å². The van der Waals surface area contributed by atoms with E-state index >= 15 is 0 Å². The lowest BCUT2D eigenvalue weighted by atomic mass is 9.95. The SMILES string of the molecule is COC(=O)C1=C(C)N=c2sc(=Cc3cccs3)c(=O)n2C1c1cc(OC)c(OC)c(OC)c1. The number of benzene rings is 1. The number of esters is 1. The van der Waals surface area contributed by atoms with Gasteiger partial charge in [-0.25, -0.2) is 9.79 Å². The summed E-state index contributed by atoms with van der Waals surface area (Å²) in [5, 5.41) is 1.95. The van der Waals surface area contributed by atoms with Crippen molar-refractivity contribution in [3.05, 3.63) is 71.0 Å². The van der Waals surface area contributed by atoms with E-state index in [9.17, 15) is 9.59 Å². The number of nitrogens with zero attached hydrogens (tertiary/aromatic N) is 2. The number of fused-ring (bicyclic) bond motifs is 1. The topological polar surface area (TPSA) is 88.4 Å². The normalized spacial score (nSPS) is 15.7. The molecule has 3 aromatic rings. The molecule has 10 heteroatoms. The number of methoxy groups -OCH3 is 4. The van der Waals surface area contributed by atoms with E-state index in [1.807, 2.05) is 23.6 Å². The summed E-state index contributed by atoms with van der Waals surface area (Å²) in [7, 11) is 5.83. The van der Waals surface area contributed by atoms with Crippen molar-refractivity contribution in [3.8, 4) is 17.2 Å². The van der Waals surface area contributed by atoms with Gasteiger partial charge in [-0.2, -0.15) is 0 Å². The molecule has 0 amide bonds. The maximum absolute atomic E-state index is 13.5. The third-order valence-electron chi connectivity index (χ3n) is 5.25. The monoisotopic (exact) mass is 486 g/mol. The smallest absolute Gasteiger partial charge is 0.338 e. The number of ether oxygens (including phenoxy) is 4. The Kier molecular flexibility index (Phi) is 6.39. The summed E-state index contributed by atoms with van der Waals surface area (Å²) >= 11 is 2.81. The highest BCUT2D eigenvalue weighted by atomic mass is 32.1. The Labute approximate surface area is 197 Å². The fourth-order valence-corrected chi connectivity index (χ4v) is 5.54. The third-order valence-corrected chi connectivity index (χ3v) is 7.05. The Balaban J connectivity index is 2.03. The minimum absolute atomic E-state index is 0.250. The second-order valence-electron chi connectivity index (χ2n) is 7.05. The van der Waals surface area contributed by atoms with Gasteiger partial charge in [-0.3, -0.25) is 9.36 Å². The first-order valence-corrected chi connectivity index (χ1v) is 11.6. The highest BCUT2D eigenvalue weighted by molar-refractivity contribution is 7.11. The minimum atomic E-state index is -0.784. The van der Waals surface area contributed by atoms with Crippen molar-refractivity contribution in [3.63, 3.8) is 0 Å². The molecule has 1 unspecified atom stereocenters. The lowest BCUT2D eigenvalue weighted by Gasteiger charge is -2.25. The van der Waals surface area contributed by atoms with Crippen LogP contribution >= 0.6 is 22.7 Å². The highest BCUT2D eigenvalue weighted by Gasteiger charge is 2.34. The Morgan fingerprint density at radius 2 is 1.82 bits per heavy atom. The summed E-state index contributed by atoms with van der Waals surface area (Å²) in [5.41, 5.74) is 1.09. The number of allylic oxidation sites excluding steroid dienone is 1. The number of hydrogen-bond acceptors (Lipinski definition) is 9. The van der Waals surface area contributed by atoms with Gasteiger partial charge >= 0.3 is 5.97 Å². The first kappa shape index (κ1) is 22.8. The van der Waals surface area contributed by atoms with Crippen molar-refractivity contribution >= 4 is 34.7 Å². The zero-order chi connectivity index (χ0) is 23.7. The first-order valence-electron chi connectivity index (χ1n) is 9.87. The van der Waals surface area contributed by atoms with Gasteiger partial charge in [0, 0.05) is 4.88 Å². The molecule has 2 aromatic heterocycles. The van der Waals surface area contributed by atoms with Crippen LogP contribution in [0.3, 0.4) is 0 Å². The minimum Gasteiger partial charge on any atom is -0.493 e. The standard InChI is InChI=1S/C23H22N2O6S2/c1-12-18(22(27)31-5)19(13-9-15(28-2)20(30-4)16(10-13)29-3)25-21(26)17(33-23(25)24-12)11-14-7-6-8-32-14/h6-11,19H,1-5H3. The number of hydrogen-bond donors (Lipinski definition) is 0. The van der Waals surface area contributed by atoms with Gasteiger partial charge in [0.05, 0.1) is 50.3 Å². The summed E-state index contributed by atoms with van der Waals surface area (Å²) in [4.78, 5) is 32.4. The molecule has 8 nitrogen and oxygen atoms in total. The van der Waals surface area contributed by atoms with E-state index in [2.05, 4.69) is 4.99 Å². The second-order valence-corrected chi connectivity index (χ2v) is 9.04. The van der Waals surface area contributed by atoms with Gasteiger partial charge in [-0.05, 0) is 42.1 Å². The maximum Gasteiger partial charge on any atom is 0.338 e. The van der Waals surface area contributed by atoms with E-state index in [1.165, 1.54) is 55.7 Å². The summed E-state index contributed by atoms with van der Waals surface area (Å²) < 4.78 is 23.5. The number of aromatic nitrogens is 1. The Hall–Kier alpha value is -3.37. The summed E-state index contributed by atoms with van der Waals surface area (Å²) in [6, 6.07) is 6.53. The molecule has 1 aromatic carbocycles. The fourth-order valence-electron chi connectivity index (χ4n) is 3.77. The molecule has 0 saturated heterocycles. The molecule has 4 rings (SSSR count). The number of carbonyl (C=O) groups excluding carboxylic acids is 1. The lowest BCUT2D eigenvalue weighted by Crippen LogP contribution is -2.39. The van der Waals surface area contributed by atoms with Crippen LogP contribution in [-0.4, -0.2) is 39.0 Å². The van der Waals surface area contributed by atoms with Crippen molar-refractivity contribution in [2.45, 2.75) is 13.0 Å². The molecule has 1 aliphatic heterocycles. The average molecular weight is 487 g/mol. The van der Waals surface area contributed by atoms with Crippen LogP contribution in [0.15, 0.2) is 50.7 Å². The molecule has 172 valence electrons. The Bertz CT molecular complexity index is 1390. The zero-order valence-electron chi connectivity index (χ0n) is 18.7. The molecule has 0 fully saturated rings. The zero-order valence-corrected chi connectivity index (χ0v) is 20.3. The van der Waals surface area contributed by atoms with Crippen LogP contribution in [0.1, 0.15) is 23.4 Å². The molecule has 0 aliphatic carbocycles. The first-order chi connectivity index (χ1) is 15.9. The number of thiophene rings is 1. The number of thiazole rings is 1. The van der Waals surface area contributed by atoms with Crippen LogP contribution in [0, 0.1) is 0 Å². The Morgan fingerprint density at radius 3 is 2.36 bits per heavy atom.